The number of piperidine rings is 1. The molecule has 0 aliphatic carbocycles. The second kappa shape index (κ2) is 9.65. The first-order chi connectivity index (χ1) is 14.3. The number of aryl methyl sites for hydroxylation is 1. The van der Waals surface area contributed by atoms with Crippen molar-refractivity contribution in [2.75, 3.05) is 13.1 Å². The lowest BCUT2D eigenvalue weighted by Gasteiger charge is -2.33. The first kappa shape index (κ1) is 22.3. The van der Waals surface area contributed by atoms with Crippen molar-refractivity contribution in [2.45, 2.75) is 78.7 Å². The highest BCUT2D eigenvalue weighted by Gasteiger charge is 2.30. The van der Waals surface area contributed by atoms with Crippen LogP contribution >= 0.6 is 0 Å². The Labute approximate surface area is 180 Å². The molecule has 1 aliphatic rings. The Balaban J connectivity index is 1.61. The summed E-state index contributed by atoms with van der Waals surface area (Å²) in [5, 5.41) is 4.82. The Hall–Kier alpha value is -2.34. The van der Waals surface area contributed by atoms with Gasteiger partial charge in [0.2, 0.25) is 0 Å². The molecule has 0 saturated carbocycles. The molecule has 1 aromatic heterocycles. The molecule has 2 aromatic rings. The van der Waals surface area contributed by atoms with Crippen LogP contribution in [0.4, 0.5) is 4.79 Å². The maximum atomic E-state index is 12.4. The van der Waals surface area contributed by atoms with Crippen molar-refractivity contribution < 1.29 is 14.3 Å². The average molecular weight is 414 g/mol. The van der Waals surface area contributed by atoms with Crippen molar-refractivity contribution in [3.63, 3.8) is 0 Å². The minimum atomic E-state index is -0.458. The molecule has 1 aromatic carbocycles. The van der Waals surface area contributed by atoms with E-state index in [1.54, 1.807) is 0 Å². The number of hydrogen-bond acceptors (Lipinski definition) is 4. The summed E-state index contributed by atoms with van der Waals surface area (Å²) >= 11 is 0. The van der Waals surface area contributed by atoms with Crippen LogP contribution in [0.15, 0.2) is 30.3 Å². The van der Waals surface area contributed by atoms with Crippen LogP contribution in [-0.2, 0) is 29.2 Å². The fourth-order valence-corrected chi connectivity index (χ4v) is 4.01. The van der Waals surface area contributed by atoms with Gasteiger partial charge in [-0.05, 0) is 58.6 Å². The Morgan fingerprint density at radius 2 is 1.80 bits per heavy atom. The third kappa shape index (κ3) is 5.63. The van der Waals surface area contributed by atoms with Gasteiger partial charge < -0.3 is 14.4 Å². The number of aromatic nitrogens is 2. The lowest BCUT2D eigenvalue weighted by atomic mass is 9.91. The molecule has 6 nitrogen and oxygen atoms in total. The molecule has 0 N–H and O–H groups in total. The highest BCUT2D eigenvalue weighted by Crippen LogP contribution is 2.32. The SMILES string of the molecule is CCn1nc(COCc2ccccc2)c(C)c1C1CCN(C(=O)OC(C)(C)C)CC1. The zero-order valence-electron chi connectivity index (χ0n) is 19.0. The minimum Gasteiger partial charge on any atom is -0.444 e. The van der Waals surface area contributed by atoms with Crippen LogP contribution in [0.1, 0.15) is 69.0 Å². The third-order valence-corrected chi connectivity index (χ3v) is 5.52. The van der Waals surface area contributed by atoms with Gasteiger partial charge >= 0.3 is 6.09 Å². The molecule has 0 unspecified atom stereocenters. The van der Waals surface area contributed by atoms with Gasteiger partial charge in [-0.15, -0.1) is 0 Å². The molecule has 0 spiro atoms. The predicted molar refractivity (Wildman–Crippen MR) is 117 cm³/mol. The van der Waals surface area contributed by atoms with E-state index < -0.39 is 5.60 Å². The van der Waals surface area contributed by atoms with E-state index in [1.165, 1.54) is 16.8 Å². The molecule has 1 amide bonds. The second-order valence-corrected chi connectivity index (χ2v) is 8.99. The van der Waals surface area contributed by atoms with E-state index in [4.69, 9.17) is 14.6 Å². The monoisotopic (exact) mass is 413 g/mol. The van der Waals surface area contributed by atoms with E-state index in [9.17, 15) is 4.79 Å². The lowest BCUT2D eigenvalue weighted by Crippen LogP contribution is -2.41. The van der Waals surface area contributed by atoms with Gasteiger partial charge in [0.25, 0.3) is 0 Å². The van der Waals surface area contributed by atoms with Gasteiger partial charge in [-0.2, -0.15) is 5.10 Å². The van der Waals surface area contributed by atoms with Gasteiger partial charge in [-0.3, -0.25) is 4.68 Å². The fourth-order valence-electron chi connectivity index (χ4n) is 4.01. The maximum absolute atomic E-state index is 12.4. The summed E-state index contributed by atoms with van der Waals surface area (Å²) in [6, 6.07) is 10.2. The predicted octanol–water partition coefficient (Wildman–Crippen LogP) is 5.04. The van der Waals surface area contributed by atoms with Crippen molar-refractivity contribution in [1.82, 2.24) is 14.7 Å². The maximum Gasteiger partial charge on any atom is 0.410 e. The van der Waals surface area contributed by atoms with Crippen LogP contribution < -0.4 is 0 Å². The van der Waals surface area contributed by atoms with Crippen molar-refractivity contribution in [1.29, 1.82) is 0 Å². The van der Waals surface area contributed by atoms with E-state index in [-0.39, 0.29) is 6.09 Å². The van der Waals surface area contributed by atoms with Gasteiger partial charge in [-0.1, -0.05) is 30.3 Å². The number of rotatable bonds is 6. The summed E-state index contributed by atoms with van der Waals surface area (Å²) in [5.41, 5.74) is 4.23. The van der Waals surface area contributed by atoms with E-state index in [2.05, 4.69) is 30.7 Å². The van der Waals surface area contributed by atoms with Gasteiger partial charge in [0.05, 0.1) is 18.9 Å². The summed E-state index contributed by atoms with van der Waals surface area (Å²) < 4.78 is 13.6. The standard InChI is InChI=1S/C24H35N3O3/c1-6-27-22(20-12-14-26(15-13-20)23(28)30-24(3,4)5)18(2)21(25-27)17-29-16-19-10-8-7-9-11-19/h7-11,20H,6,12-17H2,1-5H3. The van der Waals surface area contributed by atoms with Crippen molar-refractivity contribution >= 4 is 6.09 Å². The van der Waals surface area contributed by atoms with Gasteiger partial charge in [0.15, 0.2) is 0 Å². The highest BCUT2D eigenvalue weighted by molar-refractivity contribution is 5.68. The topological polar surface area (TPSA) is 56.6 Å². The van der Waals surface area contributed by atoms with E-state index >= 15 is 0 Å². The van der Waals surface area contributed by atoms with Crippen LogP contribution in [0.2, 0.25) is 0 Å². The molecule has 0 atom stereocenters. The number of nitrogens with zero attached hydrogens (tertiary/aromatic N) is 3. The molecule has 2 heterocycles. The number of amides is 1. The zero-order valence-corrected chi connectivity index (χ0v) is 19.0. The molecule has 0 bridgehead atoms. The molecular weight excluding hydrogens is 378 g/mol. The van der Waals surface area contributed by atoms with Crippen LogP contribution in [0, 0.1) is 6.92 Å². The van der Waals surface area contributed by atoms with Crippen molar-refractivity contribution in [3.8, 4) is 0 Å². The Bertz CT molecular complexity index is 831. The molecule has 1 saturated heterocycles. The largest absolute Gasteiger partial charge is 0.444 e. The highest BCUT2D eigenvalue weighted by atomic mass is 16.6. The van der Waals surface area contributed by atoms with Gasteiger partial charge in [-0.25, -0.2) is 4.79 Å². The second-order valence-electron chi connectivity index (χ2n) is 8.99. The van der Waals surface area contributed by atoms with Crippen molar-refractivity contribution in [2.24, 2.45) is 0 Å². The molecule has 1 aliphatic heterocycles. The summed E-state index contributed by atoms with van der Waals surface area (Å²) in [4.78, 5) is 14.2. The van der Waals surface area contributed by atoms with E-state index in [0.29, 0.717) is 32.2 Å². The number of carbonyl (C=O) groups is 1. The smallest absolute Gasteiger partial charge is 0.410 e. The molecule has 6 heteroatoms. The fraction of sp³-hybridized carbons (Fsp3) is 0.583. The van der Waals surface area contributed by atoms with Gasteiger partial charge in [0.1, 0.15) is 5.60 Å². The molecular formula is C24H35N3O3. The van der Waals surface area contributed by atoms with Crippen LogP contribution in [0.5, 0.6) is 0 Å². The lowest BCUT2D eigenvalue weighted by molar-refractivity contribution is 0.0203. The summed E-state index contributed by atoms with van der Waals surface area (Å²) in [7, 11) is 0. The summed E-state index contributed by atoms with van der Waals surface area (Å²) in [5.74, 6) is 0.402. The number of ether oxygens (including phenoxy) is 2. The molecule has 3 rings (SSSR count). The van der Waals surface area contributed by atoms with Crippen LogP contribution in [-0.4, -0.2) is 39.5 Å². The first-order valence-electron chi connectivity index (χ1n) is 10.9. The number of benzene rings is 1. The Morgan fingerprint density at radius 1 is 1.13 bits per heavy atom. The molecule has 0 radical (unpaired) electrons. The van der Waals surface area contributed by atoms with Crippen LogP contribution in [0.25, 0.3) is 0 Å². The van der Waals surface area contributed by atoms with E-state index in [0.717, 1.165) is 25.1 Å². The normalized spacial score (nSPS) is 15.4. The number of likely N-dealkylation sites (tertiary alicyclic amines) is 1. The summed E-state index contributed by atoms with van der Waals surface area (Å²) in [6.07, 6.45) is 1.64. The zero-order chi connectivity index (χ0) is 21.7. The van der Waals surface area contributed by atoms with E-state index in [1.807, 2.05) is 43.9 Å². The molecule has 164 valence electrons. The average Bonchev–Trinajstić information content (AvgIpc) is 3.03. The minimum absolute atomic E-state index is 0.211. The molecule has 1 fully saturated rings. The first-order valence-corrected chi connectivity index (χ1v) is 10.9. The summed E-state index contributed by atoms with van der Waals surface area (Å²) in [6.45, 7) is 13.4. The number of hydrogen-bond donors (Lipinski definition) is 0. The molecule has 30 heavy (non-hydrogen) atoms. The van der Waals surface area contributed by atoms with Crippen molar-refractivity contribution in [3.05, 3.63) is 52.8 Å². The van der Waals surface area contributed by atoms with Crippen LogP contribution in [0.3, 0.4) is 0 Å². The van der Waals surface area contributed by atoms with Gasteiger partial charge in [0, 0.05) is 31.2 Å². The Morgan fingerprint density at radius 3 is 2.40 bits per heavy atom. The quantitative estimate of drug-likeness (QED) is 0.665. The third-order valence-electron chi connectivity index (χ3n) is 5.52. The number of carbonyl (C=O) groups excluding carboxylic acids is 1. The Kier molecular flexibility index (Phi) is 7.19.